The lowest BCUT2D eigenvalue weighted by Crippen LogP contribution is -2.33. The largest absolute Gasteiger partial charge is 0.497 e. The monoisotopic (exact) mass is 287 g/mol. The van der Waals surface area contributed by atoms with Crippen LogP contribution in [0.15, 0.2) is 36.0 Å². The molecule has 0 aliphatic carbocycles. The maximum atomic E-state index is 11.8. The summed E-state index contributed by atoms with van der Waals surface area (Å²) in [6, 6.07) is 9.52. The molecule has 0 aliphatic heterocycles. The van der Waals surface area contributed by atoms with E-state index in [0.717, 1.165) is 17.7 Å². The molecule has 1 atom stereocenters. The third-order valence-electron chi connectivity index (χ3n) is 3.07. The standard InChI is InChI=1S/C16H21N3O2/c1-4-12(2)19-16(20)14(9-17)11-18-10-13-5-7-15(21-3)8-6-13/h5-8,11-12,18H,4,10H2,1-3H3,(H,19,20)/b14-11-. The lowest BCUT2D eigenvalue weighted by atomic mass is 10.2. The Balaban J connectivity index is 2.56. The first-order valence-corrected chi connectivity index (χ1v) is 6.88. The minimum Gasteiger partial charge on any atom is -0.497 e. The van der Waals surface area contributed by atoms with Crippen LogP contribution in [0.3, 0.4) is 0 Å². The van der Waals surface area contributed by atoms with Crippen molar-refractivity contribution in [2.75, 3.05) is 7.11 Å². The van der Waals surface area contributed by atoms with Gasteiger partial charge in [0.15, 0.2) is 0 Å². The van der Waals surface area contributed by atoms with Gasteiger partial charge in [0.2, 0.25) is 0 Å². The van der Waals surface area contributed by atoms with Crippen LogP contribution in [0.25, 0.3) is 0 Å². The summed E-state index contributed by atoms with van der Waals surface area (Å²) in [5.74, 6) is 0.439. The Hall–Kier alpha value is -2.48. The van der Waals surface area contributed by atoms with Gasteiger partial charge < -0.3 is 15.4 Å². The summed E-state index contributed by atoms with van der Waals surface area (Å²) in [5, 5.41) is 14.7. The van der Waals surface area contributed by atoms with Crippen molar-refractivity contribution < 1.29 is 9.53 Å². The normalized spacial score (nSPS) is 12.2. The van der Waals surface area contributed by atoms with Gasteiger partial charge in [-0.15, -0.1) is 0 Å². The van der Waals surface area contributed by atoms with E-state index in [9.17, 15) is 4.79 Å². The molecule has 0 bridgehead atoms. The number of hydrogen-bond acceptors (Lipinski definition) is 4. The average molecular weight is 287 g/mol. The second-order valence-electron chi connectivity index (χ2n) is 4.68. The second kappa shape index (κ2) is 8.64. The first-order chi connectivity index (χ1) is 10.1. The lowest BCUT2D eigenvalue weighted by molar-refractivity contribution is -0.117. The smallest absolute Gasteiger partial charge is 0.263 e. The number of methoxy groups -OCH3 is 1. The van der Waals surface area contributed by atoms with E-state index in [0.29, 0.717) is 6.54 Å². The first kappa shape index (κ1) is 16.6. The molecule has 1 amide bonds. The van der Waals surface area contributed by atoms with Crippen molar-refractivity contribution in [1.29, 1.82) is 5.26 Å². The van der Waals surface area contributed by atoms with Crippen molar-refractivity contribution in [1.82, 2.24) is 10.6 Å². The lowest BCUT2D eigenvalue weighted by Gasteiger charge is -2.10. The number of nitrogens with one attached hydrogen (secondary N) is 2. The predicted octanol–water partition coefficient (Wildman–Crippen LogP) is 2.11. The van der Waals surface area contributed by atoms with Crippen molar-refractivity contribution in [2.24, 2.45) is 0 Å². The number of nitrogens with zero attached hydrogens (tertiary/aromatic N) is 1. The highest BCUT2D eigenvalue weighted by Crippen LogP contribution is 2.10. The van der Waals surface area contributed by atoms with Crippen molar-refractivity contribution in [3.63, 3.8) is 0 Å². The van der Waals surface area contributed by atoms with Crippen LogP contribution in [0, 0.1) is 11.3 Å². The van der Waals surface area contributed by atoms with Crippen LogP contribution >= 0.6 is 0 Å². The van der Waals surface area contributed by atoms with Crippen LogP contribution < -0.4 is 15.4 Å². The van der Waals surface area contributed by atoms with Gasteiger partial charge >= 0.3 is 0 Å². The zero-order valence-electron chi connectivity index (χ0n) is 12.6. The Bertz CT molecular complexity index is 529. The van der Waals surface area contributed by atoms with E-state index in [2.05, 4.69) is 10.6 Å². The summed E-state index contributed by atoms with van der Waals surface area (Å²) in [7, 11) is 1.62. The number of nitriles is 1. The van der Waals surface area contributed by atoms with Crippen molar-refractivity contribution in [3.8, 4) is 11.8 Å². The maximum absolute atomic E-state index is 11.8. The number of carbonyl (C=O) groups excluding carboxylic acids is 1. The topological polar surface area (TPSA) is 74.2 Å². The molecule has 0 fully saturated rings. The molecule has 2 N–H and O–H groups in total. The summed E-state index contributed by atoms with van der Waals surface area (Å²) in [6.45, 7) is 4.41. The van der Waals surface area contributed by atoms with Crippen LogP contribution in [-0.2, 0) is 11.3 Å². The van der Waals surface area contributed by atoms with Crippen LogP contribution in [0.5, 0.6) is 5.75 Å². The third-order valence-corrected chi connectivity index (χ3v) is 3.07. The molecule has 0 heterocycles. The van der Waals surface area contributed by atoms with Crippen LogP contribution in [0.2, 0.25) is 0 Å². The van der Waals surface area contributed by atoms with Gasteiger partial charge in [-0.2, -0.15) is 5.26 Å². The zero-order chi connectivity index (χ0) is 15.7. The quantitative estimate of drug-likeness (QED) is 0.595. The van der Waals surface area contributed by atoms with E-state index in [1.807, 2.05) is 44.2 Å². The third kappa shape index (κ3) is 5.57. The van der Waals surface area contributed by atoms with Crippen molar-refractivity contribution in [2.45, 2.75) is 32.9 Å². The number of benzene rings is 1. The van der Waals surface area contributed by atoms with E-state index in [4.69, 9.17) is 10.00 Å². The van der Waals surface area contributed by atoms with Gasteiger partial charge in [0.1, 0.15) is 17.4 Å². The Kier molecular flexibility index (Phi) is 6.82. The highest BCUT2D eigenvalue weighted by molar-refractivity contribution is 5.97. The second-order valence-corrected chi connectivity index (χ2v) is 4.68. The fraction of sp³-hybridized carbons (Fsp3) is 0.375. The molecule has 0 radical (unpaired) electrons. The molecule has 1 aromatic rings. The molecular weight excluding hydrogens is 266 g/mol. The first-order valence-electron chi connectivity index (χ1n) is 6.88. The summed E-state index contributed by atoms with van der Waals surface area (Å²) in [5.41, 5.74) is 1.11. The zero-order valence-corrected chi connectivity index (χ0v) is 12.6. The highest BCUT2D eigenvalue weighted by atomic mass is 16.5. The van der Waals surface area contributed by atoms with Gasteiger partial charge in [0.05, 0.1) is 7.11 Å². The fourth-order valence-corrected chi connectivity index (χ4v) is 1.57. The Morgan fingerprint density at radius 3 is 2.62 bits per heavy atom. The molecule has 112 valence electrons. The van der Waals surface area contributed by atoms with E-state index >= 15 is 0 Å². The van der Waals surface area contributed by atoms with Crippen LogP contribution in [-0.4, -0.2) is 19.1 Å². The minimum atomic E-state index is -0.353. The van der Waals surface area contributed by atoms with Crippen molar-refractivity contribution in [3.05, 3.63) is 41.6 Å². The number of rotatable bonds is 7. The summed E-state index contributed by atoms with van der Waals surface area (Å²) in [6.07, 6.45) is 2.27. The number of hydrogen-bond donors (Lipinski definition) is 2. The van der Waals surface area contributed by atoms with E-state index in [-0.39, 0.29) is 17.5 Å². The number of carbonyl (C=O) groups is 1. The number of ether oxygens (including phenoxy) is 1. The highest BCUT2D eigenvalue weighted by Gasteiger charge is 2.10. The summed E-state index contributed by atoms with van der Waals surface area (Å²) < 4.78 is 5.08. The van der Waals surface area contributed by atoms with E-state index < -0.39 is 0 Å². The molecule has 21 heavy (non-hydrogen) atoms. The van der Waals surface area contributed by atoms with Gasteiger partial charge in [-0.1, -0.05) is 19.1 Å². The Morgan fingerprint density at radius 2 is 2.10 bits per heavy atom. The molecule has 5 heteroatoms. The molecule has 0 aliphatic rings. The number of amides is 1. The van der Waals surface area contributed by atoms with Crippen LogP contribution in [0.4, 0.5) is 0 Å². The van der Waals surface area contributed by atoms with Gasteiger partial charge in [-0.25, -0.2) is 0 Å². The minimum absolute atomic E-state index is 0.0517. The molecule has 5 nitrogen and oxygen atoms in total. The fourth-order valence-electron chi connectivity index (χ4n) is 1.57. The molecule has 0 spiro atoms. The molecule has 1 unspecified atom stereocenters. The van der Waals surface area contributed by atoms with Crippen LogP contribution in [0.1, 0.15) is 25.8 Å². The molecule has 1 aromatic carbocycles. The molecule has 0 saturated carbocycles. The molecule has 0 saturated heterocycles. The van der Waals surface area contributed by atoms with E-state index in [1.54, 1.807) is 7.11 Å². The summed E-state index contributed by atoms with van der Waals surface area (Å²) in [4.78, 5) is 11.8. The van der Waals surface area contributed by atoms with Crippen molar-refractivity contribution >= 4 is 5.91 Å². The van der Waals surface area contributed by atoms with Gasteiger partial charge in [-0.3, -0.25) is 4.79 Å². The molecule has 0 aromatic heterocycles. The predicted molar refractivity (Wildman–Crippen MR) is 81.4 cm³/mol. The van der Waals surface area contributed by atoms with Gasteiger partial charge in [-0.05, 0) is 31.0 Å². The average Bonchev–Trinajstić information content (AvgIpc) is 2.51. The molecular formula is C16H21N3O2. The van der Waals surface area contributed by atoms with Gasteiger partial charge in [0, 0.05) is 18.8 Å². The Labute approximate surface area is 125 Å². The maximum Gasteiger partial charge on any atom is 0.263 e. The summed E-state index contributed by atoms with van der Waals surface area (Å²) >= 11 is 0. The SMILES string of the molecule is CCC(C)NC(=O)/C(C#N)=C\NCc1ccc(OC)cc1. The van der Waals surface area contributed by atoms with Gasteiger partial charge in [0.25, 0.3) is 5.91 Å². The molecule has 1 rings (SSSR count). The van der Waals surface area contributed by atoms with E-state index in [1.165, 1.54) is 6.20 Å². The Morgan fingerprint density at radius 1 is 1.43 bits per heavy atom.